The van der Waals surface area contributed by atoms with Crippen molar-refractivity contribution in [2.24, 2.45) is 0 Å². The third-order valence-electron chi connectivity index (χ3n) is 4.66. The molecule has 3 aromatic rings. The fraction of sp³-hybridized carbons (Fsp3) is 0.273. The van der Waals surface area contributed by atoms with Gasteiger partial charge >= 0.3 is 6.01 Å². The van der Waals surface area contributed by atoms with E-state index in [1.54, 1.807) is 0 Å². The van der Waals surface area contributed by atoms with Gasteiger partial charge in [0.25, 0.3) is 5.91 Å². The second kappa shape index (κ2) is 11.6. The second-order valence-corrected chi connectivity index (χ2v) is 10.5. The molecule has 3 rings (SSSR count). The Kier molecular flexibility index (Phi) is 8.83. The van der Waals surface area contributed by atoms with Crippen LogP contribution in [-0.2, 0) is 23.0 Å². The molecule has 0 aliphatic heterocycles. The van der Waals surface area contributed by atoms with Gasteiger partial charge in [-0.05, 0) is 52.3 Å². The molecule has 0 radical (unpaired) electrons. The lowest BCUT2D eigenvalue weighted by atomic mass is 10.0. The van der Waals surface area contributed by atoms with Gasteiger partial charge in [0.1, 0.15) is 6.26 Å². The molecule has 0 saturated carbocycles. The van der Waals surface area contributed by atoms with Crippen LogP contribution in [0.3, 0.4) is 0 Å². The Morgan fingerprint density at radius 2 is 1.88 bits per heavy atom. The van der Waals surface area contributed by atoms with E-state index in [4.69, 9.17) is 4.42 Å². The van der Waals surface area contributed by atoms with Gasteiger partial charge in [0.2, 0.25) is 10.0 Å². The first-order chi connectivity index (χ1) is 15.7. The zero-order chi connectivity index (χ0) is 23.8. The molecule has 2 atom stereocenters. The van der Waals surface area contributed by atoms with Crippen LogP contribution in [0.15, 0.2) is 65.3 Å². The van der Waals surface area contributed by atoms with Crippen LogP contribution in [-0.4, -0.2) is 49.4 Å². The van der Waals surface area contributed by atoms with Crippen LogP contribution in [0.25, 0.3) is 0 Å². The number of hydrogen-bond donors (Lipinski definition) is 4. The number of nitrogens with one attached hydrogen (secondary N) is 3. The lowest BCUT2D eigenvalue weighted by Crippen LogP contribution is -2.48. The van der Waals surface area contributed by atoms with Crippen LogP contribution >= 0.6 is 22.6 Å². The van der Waals surface area contributed by atoms with Crippen LogP contribution in [0.1, 0.15) is 21.6 Å². The first-order valence-corrected chi connectivity index (χ1v) is 13.1. The topological polar surface area (TPSA) is 134 Å². The van der Waals surface area contributed by atoms with Crippen molar-refractivity contribution in [3.63, 3.8) is 0 Å². The molecule has 0 spiro atoms. The van der Waals surface area contributed by atoms with E-state index in [0.29, 0.717) is 13.0 Å². The molecule has 1 amide bonds. The second-order valence-electron chi connectivity index (χ2n) is 7.51. The maximum Gasteiger partial charge on any atom is 0.309 e. The van der Waals surface area contributed by atoms with Gasteiger partial charge in [0.15, 0.2) is 5.69 Å². The standard InChI is InChI=1S/C22H25IN4O5S/c1-33(30,31)27-22-26-19(14-32-22)21(29)25-18(11-15-6-3-2-4-7-15)20(28)13-24-12-16-8-5-9-17(23)10-16/h2-10,14,18,20,24,28H,11-13H2,1H3,(H,25,29)(H,26,27). The molecular weight excluding hydrogens is 559 g/mol. The number of benzene rings is 2. The minimum Gasteiger partial charge on any atom is -0.431 e. The highest BCUT2D eigenvalue weighted by Gasteiger charge is 2.24. The number of nitrogens with zero attached hydrogens (tertiary/aromatic N) is 1. The number of rotatable bonds is 11. The normalized spacial score (nSPS) is 13.3. The number of carbonyl (C=O) groups is 1. The van der Waals surface area contributed by atoms with E-state index in [0.717, 1.165) is 27.2 Å². The van der Waals surface area contributed by atoms with E-state index in [-0.39, 0.29) is 18.3 Å². The molecule has 0 saturated heterocycles. The van der Waals surface area contributed by atoms with Gasteiger partial charge in [0.05, 0.1) is 18.4 Å². The molecule has 1 heterocycles. The zero-order valence-electron chi connectivity index (χ0n) is 17.9. The zero-order valence-corrected chi connectivity index (χ0v) is 20.8. The number of anilines is 1. The number of halogens is 1. The highest BCUT2D eigenvalue weighted by molar-refractivity contribution is 14.1. The van der Waals surface area contributed by atoms with Crippen molar-refractivity contribution in [1.29, 1.82) is 0 Å². The molecule has 0 aliphatic rings. The number of aliphatic hydroxyl groups excluding tert-OH is 1. The van der Waals surface area contributed by atoms with Crippen molar-refractivity contribution in [2.45, 2.75) is 25.1 Å². The number of amides is 1. The van der Waals surface area contributed by atoms with Gasteiger partial charge < -0.3 is 20.2 Å². The SMILES string of the molecule is CS(=O)(=O)Nc1nc(C(=O)NC(Cc2ccccc2)C(O)CNCc2cccc(I)c2)co1. The largest absolute Gasteiger partial charge is 0.431 e. The molecule has 0 aliphatic carbocycles. The van der Waals surface area contributed by atoms with E-state index in [1.165, 1.54) is 0 Å². The quantitative estimate of drug-likeness (QED) is 0.254. The third-order valence-corrected chi connectivity index (χ3v) is 5.88. The first kappa shape index (κ1) is 25.1. The molecular formula is C22H25IN4O5S. The third kappa shape index (κ3) is 8.42. The van der Waals surface area contributed by atoms with Gasteiger partial charge in [0, 0.05) is 16.7 Å². The Hall–Kier alpha value is -2.48. The summed E-state index contributed by atoms with van der Waals surface area (Å²) >= 11 is 2.24. The average Bonchev–Trinajstić information content (AvgIpc) is 3.21. The Balaban J connectivity index is 1.66. The van der Waals surface area contributed by atoms with E-state index >= 15 is 0 Å². The first-order valence-electron chi connectivity index (χ1n) is 10.1. The van der Waals surface area contributed by atoms with E-state index in [1.807, 2.05) is 48.5 Å². The minimum atomic E-state index is -3.59. The smallest absolute Gasteiger partial charge is 0.309 e. The van der Waals surface area contributed by atoms with Crippen LogP contribution in [0.5, 0.6) is 0 Å². The number of aromatic nitrogens is 1. The van der Waals surface area contributed by atoms with Gasteiger partial charge in [-0.2, -0.15) is 4.98 Å². The highest BCUT2D eigenvalue weighted by atomic mass is 127. The molecule has 33 heavy (non-hydrogen) atoms. The van der Waals surface area contributed by atoms with E-state index in [2.05, 4.69) is 49.0 Å². The van der Waals surface area contributed by atoms with Crippen molar-refractivity contribution >= 4 is 44.5 Å². The summed E-state index contributed by atoms with van der Waals surface area (Å²) in [5.74, 6) is -0.585. The van der Waals surface area contributed by atoms with Gasteiger partial charge in [-0.1, -0.05) is 42.5 Å². The average molecular weight is 584 g/mol. The highest BCUT2D eigenvalue weighted by Crippen LogP contribution is 2.12. The summed E-state index contributed by atoms with van der Waals surface area (Å²) in [6, 6.07) is 16.6. The summed E-state index contributed by atoms with van der Waals surface area (Å²) in [5.41, 5.74) is 1.93. The fourth-order valence-corrected chi connectivity index (χ4v) is 4.15. The maximum absolute atomic E-state index is 12.7. The Labute approximate surface area is 206 Å². The van der Waals surface area contributed by atoms with E-state index < -0.39 is 28.1 Å². The fourth-order valence-electron chi connectivity index (χ4n) is 3.13. The molecule has 11 heteroatoms. The Morgan fingerprint density at radius 3 is 2.58 bits per heavy atom. The summed E-state index contributed by atoms with van der Waals surface area (Å²) in [5, 5.41) is 16.9. The Morgan fingerprint density at radius 1 is 1.15 bits per heavy atom. The van der Waals surface area contributed by atoms with Crippen LogP contribution in [0.2, 0.25) is 0 Å². The van der Waals surface area contributed by atoms with Crippen molar-refractivity contribution < 1.29 is 22.7 Å². The molecule has 2 aromatic carbocycles. The predicted octanol–water partition coefficient (Wildman–Crippen LogP) is 2.14. The molecule has 9 nitrogen and oxygen atoms in total. The van der Waals surface area contributed by atoms with Crippen molar-refractivity contribution in [1.82, 2.24) is 15.6 Å². The molecule has 176 valence electrons. The number of sulfonamides is 1. The molecule has 0 fully saturated rings. The molecule has 1 aromatic heterocycles. The summed E-state index contributed by atoms with van der Waals surface area (Å²) in [6.45, 7) is 0.826. The lowest BCUT2D eigenvalue weighted by Gasteiger charge is -2.24. The van der Waals surface area contributed by atoms with Crippen molar-refractivity contribution in [3.8, 4) is 0 Å². The van der Waals surface area contributed by atoms with E-state index in [9.17, 15) is 18.3 Å². The molecule has 4 N–H and O–H groups in total. The lowest BCUT2D eigenvalue weighted by molar-refractivity contribution is 0.0825. The van der Waals surface area contributed by atoms with Gasteiger partial charge in [-0.3, -0.25) is 4.79 Å². The van der Waals surface area contributed by atoms with Crippen molar-refractivity contribution in [2.75, 3.05) is 17.5 Å². The summed E-state index contributed by atoms with van der Waals surface area (Å²) in [4.78, 5) is 16.6. The number of oxazole rings is 1. The number of carbonyl (C=O) groups excluding carboxylic acids is 1. The summed E-state index contributed by atoms with van der Waals surface area (Å²) in [7, 11) is -3.59. The Bertz CT molecular complexity index is 1170. The number of hydrogen-bond acceptors (Lipinski definition) is 7. The maximum atomic E-state index is 12.7. The van der Waals surface area contributed by atoms with Crippen LogP contribution in [0, 0.1) is 3.57 Å². The summed E-state index contributed by atoms with van der Waals surface area (Å²) < 4.78 is 30.8. The molecule has 2 unspecified atom stereocenters. The van der Waals surface area contributed by atoms with Crippen LogP contribution in [0.4, 0.5) is 6.01 Å². The number of aliphatic hydroxyl groups is 1. The monoisotopic (exact) mass is 584 g/mol. The van der Waals surface area contributed by atoms with Gasteiger partial charge in [-0.15, -0.1) is 0 Å². The molecule has 0 bridgehead atoms. The van der Waals surface area contributed by atoms with Crippen LogP contribution < -0.4 is 15.4 Å². The minimum absolute atomic E-state index is 0.0989. The summed E-state index contributed by atoms with van der Waals surface area (Å²) in [6.07, 6.45) is 1.51. The van der Waals surface area contributed by atoms with Gasteiger partial charge in [-0.25, -0.2) is 13.1 Å². The predicted molar refractivity (Wildman–Crippen MR) is 133 cm³/mol. The van der Waals surface area contributed by atoms with Crippen molar-refractivity contribution in [3.05, 3.63) is 81.3 Å².